The lowest BCUT2D eigenvalue weighted by Crippen LogP contribution is -2.55. The third-order valence-corrected chi connectivity index (χ3v) is 12.9. The number of amides is 5. The second kappa shape index (κ2) is 24.7. The molecular formula is C42H82N6O10Si. The summed E-state index contributed by atoms with van der Waals surface area (Å²) in [4.78, 5) is 69.7. The molecule has 0 aromatic heterocycles. The van der Waals surface area contributed by atoms with E-state index in [4.69, 9.17) is 23.4 Å². The molecule has 5 amide bonds. The first kappa shape index (κ1) is 55.6. The van der Waals surface area contributed by atoms with E-state index in [0.717, 1.165) is 12.8 Å². The molecule has 4 N–H and O–H groups in total. The number of hydrogen-bond acceptors (Lipinski definition) is 10. The summed E-state index contributed by atoms with van der Waals surface area (Å²) in [5.74, 6) is -0.792. The SMILES string of the molecule is CC(C)(C)OCCCN(CCCCNC(=O)C(NC(=O)CCCCCCNC(=NC(=O)OC(C)(C)C)NC(=O)OC(C)(C)C)O[Si](C)(C)C(C)(C)C)C(=O)OC(C)(C)C. The van der Waals surface area contributed by atoms with Crippen LogP contribution in [0.2, 0.25) is 18.1 Å². The van der Waals surface area contributed by atoms with E-state index in [9.17, 15) is 24.0 Å². The van der Waals surface area contributed by atoms with E-state index < -0.39 is 49.4 Å². The fourth-order valence-electron chi connectivity index (χ4n) is 4.68. The summed E-state index contributed by atoms with van der Waals surface area (Å²) in [6, 6.07) is 0. The molecule has 0 aromatic carbocycles. The number of unbranched alkanes of at least 4 members (excludes halogenated alkanes) is 4. The summed E-state index contributed by atoms with van der Waals surface area (Å²) in [5.41, 5.74) is -2.40. The molecule has 17 heteroatoms. The number of carbonyl (C=O) groups is 5. The molecule has 0 saturated carbocycles. The zero-order valence-electron chi connectivity index (χ0n) is 39.7. The van der Waals surface area contributed by atoms with Crippen molar-refractivity contribution in [2.45, 2.75) is 202 Å². The summed E-state index contributed by atoms with van der Waals surface area (Å²) in [6.07, 6.45) is 1.64. The number of hydrogen-bond donors (Lipinski definition) is 4. The first-order valence-corrected chi connectivity index (χ1v) is 24.0. The van der Waals surface area contributed by atoms with Gasteiger partial charge in [0.15, 0.2) is 8.32 Å². The van der Waals surface area contributed by atoms with Crippen LogP contribution < -0.4 is 21.3 Å². The zero-order chi connectivity index (χ0) is 45.9. The van der Waals surface area contributed by atoms with Crippen molar-refractivity contribution in [1.82, 2.24) is 26.2 Å². The summed E-state index contributed by atoms with van der Waals surface area (Å²) in [6.45, 7) is 34.2. The fraction of sp³-hybridized carbons (Fsp3) is 0.857. The molecule has 0 rings (SSSR count). The number of carbonyl (C=O) groups excluding carboxylic acids is 5. The van der Waals surface area contributed by atoms with Crippen molar-refractivity contribution in [1.29, 1.82) is 0 Å². The van der Waals surface area contributed by atoms with Gasteiger partial charge < -0.3 is 44.2 Å². The van der Waals surface area contributed by atoms with Gasteiger partial charge in [-0.15, -0.1) is 4.99 Å². The van der Waals surface area contributed by atoms with Crippen molar-refractivity contribution in [3.05, 3.63) is 0 Å². The molecule has 0 saturated heterocycles. The smallest absolute Gasteiger partial charge is 0.437 e. The summed E-state index contributed by atoms with van der Waals surface area (Å²) in [5, 5.41) is 11.0. The van der Waals surface area contributed by atoms with Crippen LogP contribution in [-0.2, 0) is 33.0 Å². The zero-order valence-corrected chi connectivity index (χ0v) is 40.7. The molecular weight excluding hydrogens is 777 g/mol. The largest absolute Gasteiger partial charge is 0.444 e. The fourth-order valence-corrected chi connectivity index (χ4v) is 5.79. The van der Waals surface area contributed by atoms with Crippen molar-refractivity contribution in [3.8, 4) is 0 Å². The Morgan fingerprint density at radius 1 is 0.627 bits per heavy atom. The highest BCUT2D eigenvalue weighted by molar-refractivity contribution is 6.74. The molecule has 344 valence electrons. The molecule has 0 aliphatic rings. The highest BCUT2D eigenvalue weighted by Crippen LogP contribution is 2.37. The third kappa shape index (κ3) is 29.4. The van der Waals surface area contributed by atoms with E-state index >= 15 is 0 Å². The van der Waals surface area contributed by atoms with Crippen LogP contribution in [0.25, 0.3) is 0 Å². The van der Waals surface area contributed by atoms with Crippen molar-refractivity contribution >= 4 is 44.4 Å². The van der Waals surface area contributed by atoms with Crippen LogP contribution in [0.4, 0.5) is 14.4 Å². The van der Waals surface area contributed by atoms with E-state index in [1.54, 1.807) is 46.4 Å². The maximum Gasteiger partial charge on any atom is 0.437 e. The van der Waals surface area contributed by atoms with E-state index in [0.29, 0.717) is 64.9 Å². The van der Waals surface area contributed by atoms with Crippen LogP contribution in [0.5, 0.6) is 0 Å². The summed E-state index contributed by atoms with van der Waals surface area (Å²) >= 11 is 0. The molecule has 1 unspecified atom stereocenters. The minimum absolute atomic E-state index is 0.0840. The minimum Gasteiger partial charge on any atom is -0.444 e. The van der Waals surface area contributed by atoms with Crippen LogP contribution >= 0.6 is 0 Å². The standard InChI is InChI=1S/C42H82N6O10Si/c1-38(2,3)54-30-24-29-48(37(53)57-41(10,11)12)28-23-22-26-43-32(50)33(58-59(16,17)42(13,14)15)45-31(49)25-20-18-19-21-27-44-34(46-35(51)55-39(4,5)6)47-36(52)56-40(7,8)9/h33H,18-30H2,1-17H3,(H,43,50)(H,45,49)(H2,44,46,47,51,52). The number of aliphatic imine (C=N–C) groups is 1. The normalized spacial score (nSPS) is 13.5. The number of rotatable bonds is 20. The van der Waals surface area contributed by atoms with Crippen LogP contribution in [0.1, 0.15) is 155 Å². The van der Waals surface area contributed by atoms with Gasteiger partial charge in [0.1, 0.15) is 16.8 Å². The molecule has 0 radical (unpaired) electrons. The van der Waals surface area contributed by atoms with Gasteiger partial charge in [-0.1, -0.05) is 33.6 Å². The molecule has 16 nitrogen and oxygen atoms in total. The van der Waals surface area contributed by atoms with Gasteiger partial charge in [0, 0.05) is 39.2 Å². The average molecular weight is 859 g/mol. The van der Waals surface area contributed by atoms with Gasteiger partial charge in [0.05, 0.1) is 5.60 Å². The number of nitrogens with zero attached hydrogens (tertiary/aromatic N) is 2. The van der Waals surface area contributed by atoms with Gasteiger partial charge >= 0.3 is 18.3 Å². The van der Waals surface area contributed by atoms with Gasteiger partial charge in [-0.25, -0.2) is 14.4 Å². The molecule has 0 bridgehead atoms. The number of nitrogens with one attached hydrogen (secondary N) is 4. The highest BCUT2D eigenvalue weighted by atomic mass is 28.4. The molecule has 0 fully saturated rings. The lowest BCUT2D eigenvalue weighted by molar-refractivity contribution is -0.136. The Morgan fingerprint density at radius 3 is 1.69 bits per heavy atom. The van der Waals surface area contributed by atoms with E-state index in [-0.39, 0.29) is 35.0 Å². The Hall–Kier alpha value is -3.44. The Bertz CT molecular complexity index is 1360. The van der Waals surface area contributed by atoms with Gasteiger partial charge in [-0.2, -0.15) is 0 Å². The van der Waals surface area contributed by atoms with Gasteiger partial charge in [0.2, 0.25) is 18.1 Å². The molecule has 0 aliphatic heterocycles. The predicted molar refractivity (Wildman–Crippen MR) is 235 cm³/mol. The van der Waals surface area contributed by atoms with Crippen LogP contribution in [0.3, 0.4) is 0 Å². The molecule has 59 heavy (non-hydrogen) atoms. The van der Waals surface area contributed by atoms with E-state index in [1.807, 2.05) is 54.6 Å². The first-order valence-electron chi connectivity index (χ1n) is 21.1. The molecule has 0 heterocycles. The Kier molecular flexibility index (Phi) is 23.3. The topological polar surface area (TPSA) is 195 Å². The quantitative estimate of drug-likeness (QED) is 0.0230. The van der Waals surface area contributed by atoms with E-state index in [1.165, 1.54) is 0 Å². The summed E-state index contributed by atoms with van der Waals surface area (Å²) < 4.78 is 28.4. The second-order valence-corrected chi connectivity index (χ2v) is 25.0. The van der Waals surface area contributed by atoms with Crippen molar-refractivity contribution in [3.63, 3.8) is 0 Å². The first-order chi connectivity index (χ1) is 26.7. The maximum absolute atomic E-state index is 13.5. The van der Waals surface area contributed by atoms with Crippen molar-refractivity contribution < 1.29 is 47.3 Å². The Labute approximate surface area is 356 Å². The Morgan fingerprint density at radius 2 is 1.15 bits per heavy atom. The number of alkyl carbamates (subject to hydrolysis) is 1. The van der Waals surface area contributed by atoms with Gasteiger partial charge in [-0.3, -0.25) is 14.9 Å². The van der Waals surface area contributed by atoms with E-state index in [2.05, 4.69) is 47.0 Å². The Balaban J connectivity index is 5.22. The lowest BCUT2D eigenvalue weighted by atomic mass is 10.1. The van der Waals surface area contributed by atoms with Crippen LogP contribution in [0.15, 0.2) is 4.99 Å². The average Bonchev–Trinajstić information content (AvgIpc) is 3.00. The number of ether oxygens (including phenoxy) is 4. The number of guanidine groups is 1. The summed E-state index contributed by atoms with van der Waals surface area (Å²) in [7, 11) is -2.46. The van der Waals surface area contributed by atoms with Crippen LogP contribution in [0, 0.1) is 0 Å². The van der Waals surface area contributed by atoms with Crippen molar-refractivity contribution in [2.24, 2.45) is 4.99 Å². The minimum atomic E-state index is -2.46. The highest BCUT2D eigenvalue weighted by Gasteiger charge is 2.41. The molecule has 1 atom stereocenters. The van der Waals surface area contributed by atoms with Gasteiger partial charge in [0.25, 0.3) is 5.91 Å². The third-order valence-electron chi connectivity index (χ3n) is 8.50. The maximum atomic E-state index is 13.5. The predicted octanol–water partition coefficient (Wildman–Crippen LogP) is 8.15. The van der Waals surface area contributed by atoms with Crippen molar-refractivity contribution in [2.75, 3.05) is 32.8 Å². The molecule has 0 aliphatic carbocycles. The lowest BCUT2D eigenvalue weighted by Gasteiger charge is -2.38. The molecule has 0 aromatic rings. The molecule has 0 spiro atoms. The monoisotopic (exact) mass is 859 g/mol. The second-order valence-electron chi connectivity index (χ2n) is 20.3. The van der Waals surface area contributed by atoms with Crippen LogP contribution in [-0.4, -0.2) is 111 Å². The van der Waals surface area contributed by atoms with Gasteiger partial charge in [-0.05, 0) is 133 Å².